The van der Waals surface area contributed by atoms with E-state index < -0.39 is 8.11 Å². The van der Waals surface area contributed by atoms with Crippen LogP contribution in [0, 0.1) is 0 Å². The van der Waals surface area contributed by atoms with Crippen LogP contribution in [0.25, 0.3) is 22.3 Å². The highest BCUT2D eigenvalue weighted by atomic mass is 35.6. The van der Waals surface area contributed by atoms with Gasteiger partial charge in [0.15, 0.2) is 0 Å². The SMILES string of the molecule is CC(C)c1cc(C(C)C)c(-c2cccc(-c3c(C(C)C)cc(C(C)C)cc3C(C)C)c2[Si](Cl)CP(C)C)c(C(C)C)c1. The van der Waals surface area contributed by atoms with Crippen molar-refractivity contribution in [3.05, 3.63) is 75.8 Å². The van der Waals surface area contributed by atoms with Crippen molar-refractivity contribution in [2.75, 3.05) is 19.1 Å². The molecule has 0 aliphatic carbocycles. The third kappa shape index (κ3) is 7.62. The number of rotatable bonds is 11. The largest absolute Gasteiger partial charge is 0.205 e. The Morgan fingerprint density at radius 1 is 0.548 bits per heavy atom. The molecule has 0 heterocycles. The minimum Gasteiger partial charge on any atom is -0.162 e. The van der Waals surface area contributed by atoms with Crippen LogP contribution in [0.15, 0.2) is 42.5 Å². The van der Waals surface area contributed by atoms with E-state index in [4.69, 9.17) is 11.1 Å². The molecular formula is C39H57ClPSi. The summed E-state index contributed by atoms with van der Waals surface area (Å²) in [5.41, 5.74) is 14.4. The molecule has 229 valence electrons. The van der Waals surface area contributed by atoms with Gasteiger partial charge in [0.2, 0.25) is 8.11 Å². The Balaban J connectivity index is 2.60. The molecule has 0 fully saturated rings. The van der Waals surface area contributed by atoms with Crippen LogP contribution in [0.5, 0.6) is 0 Å². The Morgan fingerprint density at radius 2 is 0.857 bits per heavy atom. The van der Waals surface area contributed by atoms with E-state index in [1.807, 2.05) is 0 Å². The number of halogens is 1. The van der Waals surface area contributed by atoms with Crippen molar-refractivity contribution in [2.45, 2.75) is 119 Å². The number of hydrogen-bond donors (Lipinski definition) is 0. The average molecular weight is 620 g/mol. The zero-order valence-electron chi connectivity index (χ0n) is 29.0. The fourth-order valence-electron chi connectivity index (χ4n) is 6.15. The fourth-order valence-corrected chi connectivity index (χ4v) is 12.8. The maximum atomic E-state index is 7.72. The summed E-state index contributed by atoms with van der Waals surface area (Å²) in [6.45, 7) is 32.9. The maximum absolute atomic E-state index is 7.72. The first-order chi connectivity index (χ1) is 19.6. The minimum atomic E-state index is -1.34. The third-order valence-corrected chi connectivity index (χ3v) is 15.0. The van der Waals surface area contributed by atoms with Crippen LogP contribution in [0.1, 0.15) is 152 Å². The van der Waals surface area contributed by atoms with E-state index in [2.05, 4.69) is 139 Å². The van der Waals surface area contributed by atoms with E-state index in [1.165, 1.54) is 60.8 Å². The van der Waals surface area contributed by atoms with Crippen LogP contribution < -0.4 is 5.19 Å². The molecule has 0 saturated carbocycles. The first-order valence-electron chi connectivity index (χ1n) is 16.2. The lowest BCUT2D eigenvalue weighted by molar-refractivity contribution is 0.807. The molecule has 3 aromatic rings. The van der Waals surface area contributed by atoms with E-state index in [-0.39, 0.29) is 7.92 Å². The van der Waals surface area contributed by atoms with Crippen molar-refractivity contribution in [2.24, 2.45) is 0 Å². The van der Waals surface area contributed by atoms with Gasteiger partial charge in [0.1, 0.15) is 0 Å². The highest BCUT2D eigenvalue weighted by Gasteiger charge is 2.29. The zero-order valence-corrected chi connectivity index (χ0v) is 31.7. The predicted octanol–water partition coefficient (Wildman–Crippen LogP) is 12.5. The van der Waals surface area contributed by atoms with Crippen LogP contribution in [0.4, 0.5) is 0 Å². The maximum Gasteiger partial charge on any atom is 0.205 e. The van der Waals surface area contributed by atoms with E-state index in [0.717, 1.165) is 5.79 Å². The van der Waals surface area contributed by atoms with Gasteiger partial charge in [-0.1, -0.05) is 126 Å². The summed E-state index contributed by atoms with van der Waals surface area (Å²) in [6, 6.07) is 17.1. The van der Waals surface area contributed by atoms with Gasteiger partial charge >= 0.3 is 0 Å². The van der Waals surface area contributed by atoms with Crippen LogP contribution >= 0.6 is 19.0 Å². The van der Waals surface area contributed by atoms with Gasteiger partial charge in [-0.3, -0.25) is 0 Å². The Labute approximate surface area is 267 Å². The van der Waals surface area contributed by atoms with E-state index in [1.54, 1.807) is 0 Å². The molecule has 0 unspecified atom stereocenters. The van der Waals surface area contributed by atoms with Crippen molar-refractivity contribution in [3.8, 4) is 22.3 Å². The van der Waals surface area contributed by atoms with Crippen molar-refractivity contribution < 1.29 is 0 Å². The number of benzene rings is 3. The molecule has 0 aliphatic heterocycles. The lowest BCUT2D eigenvalue weighted by Gasteiger charge is -2.29. The molecule has 0 saturated heterocycles. The van der Waals surface area contributed by atoms with Gasteiger partial charge in [-0.05, 0) is 115 Å². The molecule has 3 heteroatoms. The lowest BCUT2D eigenvalue weighted by atomic mass is 9.79. The second kappa shape index (κ2) is 14.6. The highest BCUT2D eigenvalue weighted by molar-refractivity contribution is 7.60. The highest BCUT2D eigenvalue weighted by Crippen LogP contribution is 2.43. The van der Waals surface area contributed by atoms with Crippen molar-refractivity contribution in [1.29, 1.82) is 0 Å². The average Bonchev–Trinajstić information content (AvgIpc) is 2.90. The molecule has 0 N–H and O–H groups in total. The standard InChI is InChI=1S/C39H57ClPSi/c1-23(2)29-18-33(25(5)6)37(34(19-29)26(7)8)31-16-15-17-32(39(31)42(40)22-41(13)14)38-35(27(9)10)20-30(24(3)4)21-36(38)28(11)12/h15-21,23-28H,22H2,1-14H3. The molecule has 0 aromatic heterocycles. The molecule has 0 atom stereocenters. The van der Waals surface area contributed by atoms with Crippen LogP contribution in [-0.2, 0) is 0 Å². The molecule has 0 bridgehead atoms. The Bertz CT molecular complexity index is 1210. The second-order valence-electron chi connectivity index (χ2n) is 14.4. The summed E-state index contributed by atoms with van der Waals surface area (Å²) in [7, 11) is -1.46. The van der Waals surface area contributed by atoms with Gasteiger partial charge in [-0.2, -0.15) is 11.1 Å². The van der Waals surface area contributed by atoms with Crippen LogP contribution in [-0.4, -0.2) is 27.2 Å². The van der Waals surface area contributed by atoms with E-state index in [9.17, 15) is 0 Å². The summed E-state index contributed by atoms with van der Waals surface area (Å²) in [6.07, 6.45) is 0. The minimum absolute atomic E-state index is 0.121. The Hall–Kier alpha value is -1.40. The van der Waals surface area contributed by atoms with Gasteiger partial charge in [-0.15, -0.1) is 7.92 Å². The smallest absolute Gasteiger partial charge is 0.162 e. The van der Waals surface area contributed by atoms with Gasteiger partial charge in [0.25, 0.3) is 0 Å². The summed E-state index contributed by atoms with van der Waals surface area (Å²) in [5.74, 6) is 3.82. The zero-order chi connectivity index (χ0) is 31.6. The molecule has 0 amide bonds. The topological polar surface area (TPSA) is 0 Å². The normalized spacial score (nSPS) is 12.5. The third-order valence-electron chi connectivity index (χ3n) is 8.59. The van der Waals surface area contributed by atoms with Gasteiger partial charge in [-0.25, -0.2) is 0 Å². The Morgan fingerprint density at radius 3 is 1.10 bits per heavy atom. The fraction of sp³-hybridized carbons (Fsp3) is 0.538. The quantitative estimate of drug-likeness (QED) is 0.114. The monoisotopic (exact) mass is 619 g/mol. The molecule has 0 aliphatic rings. The molecule has 42 heavy (non-hydrogen) atoms. The lowest BCUT2D eigenvalue weighted by Crippen LogP contribution is -2.33. The summed E-state index contributed by atoms with van der Waals surface area (Å²) in [4.78, 5) is 0. The number of hydrogen-bond acceptors (Lipinski definition) is 0. The van der Waals surface area contributed by atoms with Crippen LogP contribution in [0.2, 0.25) is 0 Å². The van der Waals surface area contributed by atoms with E-state index >= 15 is 0 Å². The van der Waals surface area contributed by atoms with Crippen LogP contribution in [0.3, 0.4) is 0 Å². The summed E-state index contributed by atoms with van der Waals surface area (Å²) >= 11 is 7.72. The first-order valence-corrected chi connectivity index (χ1v) is 21.4. The molecule has 0 spiro atoms. The van der Waals surface area contributed by atoms with Crippen molar-refractivity contribution in [1.82, 2.24) is 0 Å². The molecule has 3 aromatic carbocycles. The predicted molar refractivity (Wildman–Crippen MR) is 197 cm³/mol. The molecule has 3 rings (SSSR count). The summed E-state index contributed by atoms with van der Waals surface area (Å²) in [5, 5.41) is 1.43. The van der Waals surface area contributed by atoms with Gasteiger partial charge in [0, 0.05) is 0 Å². The Kier molecular flexibility index (Phi) is 12.2. The van der Waals surface area contributed by atoms with Gasteiger partial charge in [0.05, 0.1) is 0 Å². The molecular weight excluding hydrogens is 563 g/mol. The second-order valence-corrected chi connectivity index (χ2v) is 20.6. The van der Waals surface area contributed by atoms with Gasteiger partial charge < -0.3 is 0 Å². The van der Waals surface area contributed by atoms with Crippen molar-refractivity contribution in [3.63, 3.8) is 0 Å². The van der Waals surface area contributed by atoms with E-state index in [0.29, 0.717) is 35.5 Å². The van der Waals surface area contributed by atoms with Crippen molar-refractivity contribution >= 4 is 32.3 Å². The molecule has 0 nitrogen and oxygen atoms in total. The summed E-state index contributed by atoms with van der Waals surface area (Å²) < 4.78 is 0. The molecule has 1 radical (unpaired) electrons. The first kappa shape index (κ1) is 35.1.